The normalized spacial score (nSPS) is 12.0. The number of aliphatic carboxylic acids is 1. The van der Waals surface area contributed by atoms with E-state index in [1.807, 2.05) is 25.1 Å². The van der Waals surface area contributed by atoms with Crippen LogP contribution in [0.3, 0.4) is 0 Å². The molecule has 0 aliphatic heterocycles. The molecule has 0 radical (unpaired) electrons. The monoisotopic (exact) mass is 479 g/mol. The Balaban J connectivity index is 1.82. The molecule has 0 aliphatic rings. The number of halogens is 1. The van der Waals surface area contributed by atoms with E-state index in [4.69, 9.17) is 16.7 Å². The summed E-state index contributed by atoms with van der Waals surface area (Å²) in [6, 6.07) is 13.5. The first kappa shape index (κ1) is 23.2. The summed E-state index contributed by atoms with van der Waals surface area (Å²) in [6.07, 6.45) is 1.32. The molecule has 2 aromatic carbocycles. The lowest BCUT2D eigenvalue weighted by Crippen LogP contribution is -2.44. The SMILES string of the molecule is Cc1ccnc2cc(Nc3nc(=O)n(C(C)CC(=O)O)c(=O)n3Cc3ccc(Cl)cc3)ccc12. The first-order valence-corrected chi connectivity index (χ1v) is 10.9. The highest BCUT2D eigenvalue weighted by molar-refractivity contribution is 6.30. The maximum Gasteiger partial charge on any atom is 0.355 e. The highest BCUT2D eigenvalue weighted by Gasteiger charge is 2.20. The van der Waals surface area contributed by atoms with Crippen molar-refractivity contribution in [3.05, 3.63) is 91.8 Å². The Morgan fingerprint density at radius 2 is 1.88 bits per heavy atom. The number of nitrogens with one attached hydrogen (secondary N) is 1. The van der Waals surface area contributed by atoms with Crippen molar-refractivity contribution in [3.63, 3.8) is 0 Å². The molecule has 4 rings (SSSR count). The lowest BCUT2D eigenvalue weighted by atomic mass is 10.1. The van der Waals surface area contributed by atoms with Gasteiger partial charge in [0.25, 0.3) is 0 Å². The van der Waals surface area contributed by atoms with Crippen molar-refractivity contribution in [2.75, 3.05) is 5.32 Å². The maximum absolute atomic E-state index is 13.4. The van der Waals surface area contributed by atoms with Crippen molar-refractivity contribution < 1.29 is 9.90 Å². The first-order chi connectivity index (χ1) is 16.2. The summed E-state index contributed by atoms with van der Waals surface area (Å²) in [5.74, 6) is -1.08. The Kier molecular flexibility index (Phi) is 6.47. The third-order valence-corrected chi connectivity index (χ3v) is 5.73. The van der Waals surface area contributed by atoms with Gasteiger partial charge in [0.05, 0.1) is 24.5 Å². The van der Waals surface area contributed by atoms with Gasteiger partial charge in [-0.05, 0) is 55.3 Å². The zero-order valence-electron chi connectivity index (χ0n) is 18.5. The van der Waals surface area contributed by atoms with Crippen LogP contribution >= 0.6 is 11.6 Å². The Bertz CT molecular complexity index is 1490. The van der Waals surface area contributed by atoms with Gasteiger partial charge in [0.15, 0.2) is 0 Å². The van der Waals surface area contributed by atoms with E-state index in [0.29, 0.717) is 10.7 Å². The van der Waals surface area contributed by atoms with Gasteiger partial charge in [-0.2, -0.15) is 4.98 Å². The number of carbonyl (C=O) groups is 1. The molecule has 4 aromatic rings. The van der Waals surface area contributed by atoms with Gasteiger partial charge < -0.3 is 10.4 Å². The minimum atomic E-state index is -1.12. The van der Waals surface area contributed by atoms with Crippen molar-refractivity contribution in [3.8, 4) is 0 Å². The fourth-order valence-corrected chi connectivity index (χ4v) is 3.86. The summed E-state index contributed by atoms with van der Waals surface area (Å²) in [5, 5.41) is 13.7. The van der Waals surface area contributed by atoms with Crippen LogP contribution in [0.2, 0.25) is 5.02 Å². The summed E-state index contributed by atoms with van der Waals surface area (Å²) >= 11 is 5.98. The lowest BCUT2D eigenvalue weighted by Gasteiger charge is -2.18. The number of carboxylic acids is 1. The molecular formula is C24H22ClN5O4. The van der Waals surface area contributed by atoms with Crippen molar-refractivity contribution >= 4 is 40.1 Å². The van der Waals surface area contributed by atoms with Gasteiger partial charge in [0.1, 0.15) is 0 Å². The van der Waals surface area contributed by atoms with Crippen LogP contribution in [0.5, 0.6) is 0 Å². The van der Waals surface area contributed by atoms with Gasteiger partial charge in [-0.15, -0.1) is 0 Å². The van der Waals surface area contributed by atoms with Crippen LogP contribution in [0.1, 0.15) is 30.5 Å². The molecule has 0 fully saturated rings. The number of aryl methyl sites for hydroxylation is 1. The van der Waals surface area contributed by atoms with Crippen molar-refractivity contribution in [1.82, 2.24) is 19.1 Å². The Morgan fingerprint density at radius 1 is 1.15 bits per heavy atom. The van der Waals surface area contributed by atoms with Gasteiger partial charge in [-0.3, -0.25) is 14.3 Å². The van der Waals surface area contributed by atoms with E-state index in [-0.39, 0.29) is 18.9 Å². The van der Waals surface area contributed by atoms with Crippen LogP contribution in [0.4, 0.5) is 11.6 Å². The summed E-state index contributed by atoms with van der Waals surface area (Å²) in [4.78, 5) is 45.8. The molecular weight excluding hydrogens is 458 g/mol. The second kappa shape index (κ2) is 9.48. The van der Waals surface area contributed by atoms with Gasteiger partial charge >= 0.3 is 17.3 Å². The zero-order chi connectivity index (χ0) is 24.4. The number of aromatic nitrogens is 4. The highest BCUT2D eigenvalue weighted by Crippen LogP contribution is 2.22. The van der Waals surface area contributed by atoms with Crippen LogP contribution in [0, 0.1) is 6.92 Å². The Hall–Kier alpha value is -3.98. The lowest BCUT2D eigenvalue weighted by molar-refractivity contribution is -0.137. The van der Waals surface area contributed by atoms with Crippen LogP contribution in [-0.2, 0) is 11.3 Å². The molecule has 34 heavy (non-hydrogen) atoms. The topological polar surface area (TPSA) is 119 Å². The summed E-state index contributed by atoms with van der Waals surface area (Å²) in [5.41, 5.74) is 1.68. The number of anilines is 2. The smallest absolute Gasteiger partial charge is 0.355 e. The fraction of sp³-hybridized carbons (Fsp3) is 0.208. The number of carboxylic acid groups (broad SMARTS) is 1. The summed E-state index contributed by atoms with van der Waals surface area (Å²) < 4.78 is 2.16. The average molecular weight is 480 g/mol. The predicted molar refractivity (Wildman–Crippen MR) is 130 cm³/mol. The molecule has 2 aromatic heterocycles. The van der Waals surface area contributed by atoms with E-state index in [1.54, 1.807) is 36.5 Å². The van der Waals surface area contributed by atoms with Gasteiger partial charge in [0.2, 0.25) is 5.95 Å². The molecule has 1 atom stereocenters. The van der Waals surface area contributed by atoms with E-state index in [1.165, 1.54) is 11.5 Å². The summed E-state index contributed by atoms with van der Waals surface area (Å²) in [6.45, 7) is 3.58. The quantitative estimate of drug-likeness (QED) is 0.414. The standard InChI is InChI=1S/C24H22ClN5O4/c1-14-9-10-26-20-12-18(7-8-19(14)20)27-22-28-23(33)30(15(2)11-21(31)32)24(34)29(22)13-16-3-5-17(25)6-4-16/h3-10,12,15H,11,13H2,1-2H3,(H,31,32)(H,27,28,33). The van der Waals surface area contributed by atoms with E-state index < -0.39 is 23.4 Å². The molecule has 2 N–H and O–H groups in total. The molecule has 1 unspecified atom stereocenters. The third-order valence-electron chi connectivity index (χ3n) is 5.48. The zero-order valence-corrected chi connectivity index (χ0v) is 19.3. The van der Waals surface area contributed by atoms with Crippen LogP contribution in [-0.4, -0.2) is 30.2 Å². The van der Waals surface area contributed by atoms with Gasteiger partial charge in [-0.1, -0.05) is 29.8 Å². The second-order valence-electron chi connectivity index (χ2n) is 8.01. The van der Waals surface area contributed by atoms with E-state index >= 15 is 0 Å². The first-order valence-electron chi connectivity index (χ1n) is 10.5. The van der Waals surface area contributed by atoms with Gasteiger partial charge in [-0.25, -0.2) is 14.2 Å². The van der Waals surface area contributed by atoms with Crippen LogP contribution < -0.4 is 16.7 Å². The van der Waals surface area contributed by atoms with Crippen LogP contribution in [0.15, 0.2) is 64.3 Å². The number of benzene rings is 2. The molecule has 174 valence electrons. The number of rotatable bonds is 7. The number of nitrogens with zero attached hydrogens (tertiary/aromatic N) is 4. The number of fused-ring (bicyclic) bond motifs is 1. The van der Waals surface area contributed by atoms with Gasteiger partial charge in [0, 0.05) is 22.3 Å². The molecule has 9 nitrogen and oxygen atoms in total. The second-order valence-corrected chi connectivity index (χ2v) is 8.45. The Labute approximate surface area is 199 Å². The fourth-order valence-electron chi connectivity index (χ4n) is 3.74. The molecule has 0 saturated heterocycles. The number of hydrogen-bond acceptors (Lipinski definition) is 6. The molecule has 0 spiro atoms. The highest BCUT2D eigenvalue weighted by atomic mass is 35.5. The number of pyridine rings is 1. The number of hydrogen-bond donors (Lipinski definition) is 2. The van der Waals surface area contributed by atoms with Crippen molar-refractivity contribution in [2.24, 2.45) is 0 Å². The molecule has 0 aliphatic carbocycles. The summed E-state index contributed by atoms with van der Waals surface area (Å²) in [7, 11) is 0. The maximum atomic E-state index is 13.4. The third kappa shape index (κ3) is 4.84. The van der Waals surface area contributed by atoms with E-state index in [2.05, 4.69) is 15.3 Å². The van der Waals surface area contributed by atoms with Crippen molar-refractivity contribution in [2.45, 2.75) is 32.9 Å². The van der Waals surface area contributed by atoms with E-state index in [0.717, 1.165) is 26.6 Å². The molecule has 10 heteroatoms. The largest absolute Gasteiger partial charge is 0.481 e. The Morgan fingerprint density at radius 3 is 2.59 bits per heavy atom. The predicted octanol–water partition coefficient (Wildman–Crippen LogP) is 3.74. The average Bonchev–Trinajstić information content (AvgIpc) is 2.77. The van der Waals surface area contributed by atoms with Crippen LogP contribution in [0.25, 0.3) is 10.9 Å². The minimum Gasteiger partial charge on any atom is -0.481 e. The molecule has 0 amide bonds. The minimum absolute atomic E-state index is 0.0377. The molecule has 0 bridgehead atoms. The molecule has 2 heterocycles. The van der Waals surface area contributed by atoms with E-state index in [9.17, 15) is 14.4 Å². The molecule has 0 saturated carbocycles. The van der Waals surface area contributed by atoms with Crippen molar-refractivity contribution in [1.29, 1.82) is 0 Å².